The van der Waals surface area contributed by atoms with Crippen LogP contribution < -0.4 is 4.74 Å². The van der Waals surface area contributed by atoms with Gasteiger partial charge in [0.25, 0.3) is 0 Å². The molecule has 3 aromatic carbocycles. The van der Waals surface area contributed by atoms with Gasteiger partial charge in [-0.25, -0.2) is 0 Å². The molecule has 0 atom stereocenters. The highest BCUT2D eigenvalue weighted by molar-refractivity contribution is 5.74. The summed E-state index contributed by atoms with van der Waals surface area (Å²) in [4.78, 5) is 10.7. The van der Waals surface area contributed by atoms with Gasteiger partial charge in [0.05, 0.1) is 0 Å². The quantitative estimate of drug-likeness (QED) is 0.582. The molecule has 0 aliphatic heterocycles. The van der Waals surface area contributed by atoms with Crippen molar-refractivity contribution in [2.75, 3.05) is 0 Å². The van der Waals surface area contributed by atoms with Gasteiger partial charge in [0, 0.05) is 5.56 Å². The molecule has 0 radical (unpaired) electrons. The summed E-state index contributed by atoms with van der Waals surface area (Å²) in [6, 6.07) is 26.2. The predicted octanol–water partition coefficient (Wildman–Crippen LogP) is 4.86. The van der Waals surface area contributed by atoms with Crippen molar-refractivity contribution in [2.45, 2.75) is 19.4 Å². The van der Waals surface area contributed by atoms with Crippen molar-refractivity contribution in [1.82, 2.24) is 0 Å². The molecule has 0 aliphatic rings. The largest absolute Gasteiger partial charge is 0.489 e. The number of hydrogen-bond acceptors (Lipinski definition) is 2. The summed E-state index contributed by atoms with van der Waals surface area (Å²) in [5, 5.41) is 0. The number of carbonyl (C=O) groups excluding carboxylic acids is 1. The molecule has 3 aromatic rings. The van der Waals surface area contributed by atoms with Crippen LogP contribution in [-0.4, -0.2) is 6.29 Å². The van der Waals surface area contributed by atoms with Crippen molar-refractivity contribution >= 4 is 6.29 Å². The average molecular weight is 316 g/mol. The van der Waals surface area contributed by atoms with Gasteiger partial charge in [-0.15, -0.1) is 0 Å². The van der Waals surface area contributed by atoms with E-state index in [0.29, 0.717) is 6.61 Å². The topological polar surface area (TPSA) is 26.3 Å². The lowest BCUT2D eigenvalue weighted by atomic mass is 10.0. The van der Waals surface area contributed by atoms with E-state index in [9.17, 15) is 4.79 Å². The Balaban J connectivity index is 1.51. The molecule has 0 N–H and O–H groups in total. The van der Waals surface area contributed by atoms with Crippen LogP contribution in [0.5, 0.6) is 5.75 Å². The molecule has 0 heterocycles. The minimum absolute atomic E-state index is 0.587. The Morgan fingerprint density at radius 3 is 1.83 bits per heavy atom. The van der Waals surface area contributed by atoms with Gasteiger partial charge in [-0.1, -0.05) is 66.7 Å². The Bertz CT molecular complexity index is 759. The van der Waals surface area contributed by atoms with E-state index in [2.05, 4.69) is 24.3 Å². The maximum atomic E-state index is 10.7. The van der Waals surface area contributed by atoms with E-state index >= 15 is 0 Å². The molecule has 2 nitrogen and oxygen atoms in total. The van der Waals surface area contributed by atoms with Crippen molar-refractivity contribution in [1.29, 1.82) is 0 Å². The van der Waals surface area contributed by atoms with Gasteiger partial charge in [-0.2, -0.15) is 0 Å². The fraction of sp³-hybridized carbons (Fsp3) is 0.136. The molecule has 0 saturated carbocycles. The first kappa shape index (κ1) is 16.0. The Hall–Kier alpha value is -2.87. The smallest absolute Gasteiger partial charge is 0.150 e. The fourth-order valence-corrected chi connectivity index (χ4v) is 2.54. The van der Waals surface area contributed by atoms with Crippen molar-refractivity contribution in [3.8, 4) is 5.75 Å². The molecule has 2 heteroatoms. The van der Waals surface area contributed by atoms with E-state index < -0.39 is 0 Å². The zero-order valence-electron chi connectivity index (χ0n) is 13.5. The van der Waals surface area contributed by atoms with Crippen LogP contribution in [0.25, 0.3) is 0 Å². The Morgan fingerprint density at radius 2 is 1.25 bits per heavy atom. The fourth-order valence-electron chi connectivity index (χ4n) is 2.54. The number of hydrogen-bond donors (Lipinski definition) is 0. The van der Waals surface area contributed by atoms with Crippen LogP contribution in [-0.2, 0) is 19.4 Å². The Kier molecular flexibility index (Phi) is 5.41. The minimum atomic E-state index is 0.587. The molecule has 0 saturated heterocycles. The van der Waals surface area contributed by atoms with E-state index in [1.165, 1.54) is 16.7 Å². The number of aldehydes is 1. The lowest BCUT2D eigenvalue weighted by molar-refractivity contribution is 0.112. The molecule has 0 aromatic heterocycles. The Morgan fingerprint density at radius 1 is 0.667 bits per heavy atom. The van der Waals surface area contributed by atoms with Gasteiger partial charge in [0.2, 0.25) is 0 Å². The van der Waals surface area contributed by atoms with Crippen molar-refractivity contribution in [3.05, 3.63) is 101 Å². The SMILES string of the molecule is O=Cc1ccc(CCc2ccc(OCc3ccccc3)cc2)cc1. The summed E-state index contributed by atoms with van der Waals surface area (Å²) in [5.74, 6) is 0.887. The highest BCUT2D eigenvalue weighted by Crippen LogP contribution is 2.16. The molecule has 0 amide bonds. The molecule has 0 unspecified atom stereocenters. The molecule has 0 aliphatic carbocycles. The number of ether oxygens (including phenoxy) is 1. The molecule has 0 bridgehead atoms. The lowest BCUT2D eigenvalue weighted by Crippen LogP contribution is -1.96. The van der Waals surface area contributed by atoms with Crippen LogP contribution in [0.2, 0.25) is 0 Å². The summed E-state index contributed by atoms with van der Waals surface area (Å²) >= 11 is 0. The molecule has 3 rings (SSSR count). The van der Waals surface area contributed by atoms with Crippen molar-refractivity contribution in [3.63, 3.8) is 0 Å². The summed E-state index contributed by atoms with van der Waals surface area (Å²) < 4.78 is 5.80. The van der Waals surface area contributed by atoms with Gasteiger partial charge >= 0.3 is 0 Å². The summed E-state index contributed by atoms with van der Waals surface area (Å²) in [7, 11) is 0. The molecular formula is C22H20O2. The monoisotopic (exact) mass is 316 g/mol. The van der Waals surface area contributed by atoms with Crippen LogP contribution in [0.4, 0.5) is 0 Å². The minimum Gasteiger partial charge on any atom is -0.489 e. The standard InChI is InChI=1S/C22H20O2/c23-16-20-10-8-18(9-11-20)6-7-19-12-14-22(15-13-19)24-17-21-4-2-1-3-5-21/h1-5,8-16H,6-7,17H2. The number of carbonyl (C=O) groups is 1. The second kappa shape index (κ2) is 8.11. The van der Waals surface area contributed by atoms with Crippen molar-refractivity contribution < 1.29 is 9.53 Å². The van der Waals surface area contributed by atoms with Gasteiger partial charge < -0.3 is 4.74 Å². The average Bonchev–Trinajstić information content (AvgIpc) is 2.67. The van der Waals surface area contributed by atoms with E-state index in [1.54, 1.807) is 0 Å². The van der Waals surface area contributed by atoms with Gasteiger partial charge in [0.1, 0.15) is 18.6 Å². The number of aryl methyl sites for hydroxylation is 2. The van der Waals surface area contributed by atoms with Crippen LogP contribution >= 0.6 is 0 Å². The van der Waals surface area contributed by atoms with Crippen LogP contribution in [0.3, 0.4) is 0 Å². The zero-order chi connectivity index (χ0) is 16.6. The zero-order valence-corrected chi connectivity index (χ0v) is 13.5. The predicted molar refractivity (Wildman–Crippen MR) is 96.5 cm³/mol. The summed E-state index contributed by atoms with van der Waals surface area (Å²) in [6.45, 7) is 0.587. The van der Waals surface area contributed by atoms with E-state index in [0.717, 1.165) is 30.4 Å². The van der Waals surface area contributed by atoms with E-state index in [-0.39, 0.29) is 0 Å². The van der Waals surface area contributed by atoms with Crippen LogP contribution in [0.15, 0.2) is 78.9 Å². The first-order chi connectivity index (χ1) is 11.8. The van der Waals surface area contributed by atoms with Crippen LogP contribution in [0.1, 0.15) is 27.0 Å². The lowest BCUT2D eigenvalue weighted by Gasteiger charge is -2.08. The van der Waals surface area contributed by atoms with Gasteiger partial charge in [-0.3, -0.25) is 4.79 Å². The van der Waals surface area contributed by atoms with Crippen molar-refractivity contribution in [2.24, 2.45) is 0 Å². The maximum Gasteiger partial charge on any atom is 0.150 e. The third kappa shape index (κ3) is 4.56. The number of benzene rings is 3. The second-order valence-corrected chi connectivity index (χ2v) is 5.78. The normalized spacial score (nSPS) is 10.3. The van der Waals surface area contributed by atoms with E-state index in [1.807, 2.05) is 54.6 Å². The third-order valence-corrected chi connectivity index (χ3v) is 3.99. The molecule has 0 spiro atoms. The van der Waals surface area contributed by atoms with E-state index in [4.69, 9.17) is 4.74 Å². The molecule has 0 fully saturated rings. The molecule has 120 valence electrons. The first-order valence-corrected chi connectivity index (χ1v) is 8.13. The first-order valence-electron chi connectivity index (χ1n) is 8.13. The highest BCUT2D eigenvalue weighted by atomic mass is 16.5. The molecule has 24 heavy (non-hydrogen) atoms. The summed E-state index contributed by atoms with van der Waals surface area (Å²) in [5.41, 5.74) is 4.41. The Labute approximate surface area is 142 Å². The second-order valence-electron chi connectivity index (χ2n) is 5.78. The molecular weight excluding hydrogens is 296 g/mol. The third-order valence-electron chi connectivity index (χ3n) is 3.99. The van der Waals surface area contributed by atoms with Gasteiger partial charge in [0.15, 0.2) is 0 Å². The van der Waals surface area contributed by atoms with Gasteiger partial charge in [-0.05, 0) is 41.7 Å². The maximum absolute atomic E-state index is 10.7. The van der Waals surface area contributed by atoms with Crippen LogP contribution in [0, 0.1) is 0 Å². The summed E-state index contributed by atoms with van der Waals surface area (Å²) in [6.07, 6.45) is 2.81. The highest BCUT2D eigenvalue weighted by Gasteiger charge is 1.99. The number of rotatable bonds is 7.